The number of aromatic nitrogens is 1. The summed E-state index contributed by atoms with van der Waals surface area (Å²) in [5, 5.41) is 2.74. The number of nitrogens with one attached hydrogen (secondary N) is 1. The summed E-state index contributed by atoms with van der Waals surface area (Å²) in [6.07, 6.45) is 1.18. The third-order valence-electron chi connectivity index (χ3n) is 2.22. The van der Waals surface area contributed by atoms with Crippen LogP contribution in [0.15, 0.2) is 18.3 Å². The molecule has 1 aromatic rings. The topological polar surface area (TPSA) is 60.5 Å². The molecule has 1 unspecified atom stereocenters. The van der Waals surface area contributed by atoms with Gasteiger partial charge in [0.25, 0.3) is 0 Å². The Balaban J connectivity index is 2.57. The molecule has 88 valence electrons. The van der Waals surface area contributed by atoms with E-state index in [1.165, 1.54) is 7.11 Å². The van der Waals surface area contributed by atoms with Crippen molar-refractivity contribution >= 4 is 5.91 Å². The fourth-order valence-electron chi connectivity index (χ4n) is 1.18. The third kappa shape index (κ3) is 3.20. The first-order valence-corrected chi connectivity index (χ1v) is 4.97. The van der Waals surface area contributed by atoms with Gasteiger partial charge in [0.15, 0.2) is 0 Å². The fraction of sp³-hybridized carbons (Fsp3) is 0.455. The zero-order valence-corrected chi connectivity index (χ0v) is 9.69. The Bertz CT molecular complexity index is 355. The lowest BCUT2D eigenvalue weighted by Gasteiger charge is -2.11. The zero-order chi connectivity index (χ0) is 12.0. The number of pyridine rings is 1. The van der Waals surface area contributed by atoms with E-state index in [0.717, 1.165) is 5.56 Å². The second-order valence-electron chi connectivity index (χ2n) is 3.27. The van der Waals surface area contributed by atoms with Crippen LogP contribution in [0.5, 0.6) is 5.88 Å². The predicted octanol–water partition coefficient (Wildman–Crippen LogP) is 0.741. The van der Waals surface area contributed by atoms with Gasteiger partial charge in [-0.05, 0) is 13.0 Å². The molecule has 16 heavy (non-hydrogen) atoms. The molecule has 1 rings (SSSR count). The highest BCUT2D eigenvalue weighted by molar-refractivity contribution is 5.80. The van der Waals surface area contributed by atoms with Crippen molar-refractivity contribution in [3.8, 4) is 5.88 Å². The Morgan fingerprint density at radius 1 is 1.56 bits per heavy atom. The highest BCUT2D eigenvalue weighted by Gasteiger charge is 2.11. The maximum Gasteiger partial charge on any atom is 0.249 e. The van der Waals surface area contributed by atoms with Gasteiger partial charge in [-0.1, -0.05) is 6.07 Å². The molecule has 1 amide bonds. The SMILES string of the molecule is COc1ncccc1CNC(=O)C(C)OC. The number of carbonyl (C=O) groups is 1. The first-order chi connectivity index (χ1) is 7.69. The molecular weight excluding hydrogens is 208 g/mol. The van der Waals surface area contributed by atoms with Crippen LogP contribution in [-0.4, -0.2) is 31.2 Å². The third-order valence-corrected chi connectivity index (χ3v) is 2.22. The van der Waals surface area contributed by atoms with Crippen LogP contribution in [0.1, 0.15) is 12.5 Å². The predicted molar refractivity (Wildman–Crippen MR) is 59.1 cm³/mol. The van der Waals surface area contributed by atoms with Crippen LogP contribution in [0.2, 0.25) is 0 Å². The van der Waals surface area contributed by atoms with Gasteiger partial charge in [0, 0.05) is 25.4 Å². The minimum atomic E-state index is -0.456. The first kappa shape index (κ1) is 12.4. The highest BCUT2D eigenvalue weighted by Crippen LogP contribution is 2.12. The number of carbonyl (C=O) groups excluding carboxylic acids is 1. The minimum Gasteiger partial charge on any atom is -0.481 e. The van der Waals surface area contributed by atoms with E-state index in [2.05, 4.69) is 10.3 Å². The van der Waals surface area contributed by atoms with Gasteiger partial charge >= 0.3 is 0 Å². The van der Waals surface area contributed by atoms with Gasteiger partial charge < -0.3 is 14.8 Å². The van der Waals surface area contributed by atoms with Gasteiger partial charge in [0.1, 0.15) is 6.10 Å². The van der Waals surface area contributed by atoms with Crippen LogP contribution in [0.25, 0.3) is 0 Å². The molecular formula is C11H16N2O3. The second kappa shape index (κ2) is 6.07. The van der Waals surface area contributed by atoms with Crippen molar-refractivity contribution < 1.29 is 14.3 Å². The van der Waals surface area contributed by atoms with Crippen LogP contribution in [0.3, 0.4) is 0 Å². The number of hydrogen-bond donors (Lipinski definition) is 1. The van der Waals surface area contributed by atoms with Gasteiger partial charge in [0.2, 0.25) is 11.8 Å². The fourth-order valence-corrected chi connectivity index (χ4v) is 1.18. The number of methoxy groups -OCH3 is 2. The second-order valence-corrected chi connectivity index (χ2v) is 3.27. The van der Waals surface area contributed by atoms with E-state index in [-0.39, 0.29) is 5.91 Å². The van der Waals surface area contributed by atoms with E-state index in [1.54, 1.807) is 26.3 Å². The van der Waals surface area contributed by atoms with E-state index in [0.29, 0.717) is 12.4 Å². The molecule has 1 atom stereocenters. The Hall–Kier alpha value is -1.62. The normalized spacial score (nSPS) is 11.9. The van der Waals surface area contributed by atoms with Crippen molar-refractivity contribution in [2.75, 3.05) is 14.2 Å². The molecule has 5 heteroatoms. The van der Waals surface area contributed by atoms with E-state index in [4.69, 9.17) is 9.47 Å². The molecule has 0 aliphatic carbocycles. The largest absolute Gasteiger partial charge is 0.481 e. The Labute approximate surface area is 94.8 Å². The number of nitrogens with zero attached hydrogens (tertiary/aromatic N) is 1. The van der Waals surface area contributed by atoms with Crippen LogP contribution in [0, 0.1) is 0 Å². The number of rotatable bonds is 5. The average Bonchev–Trinajstić information content (AvgIpc) is 2.35. The molecule has 0 aliphatic rings. The zero-order valence-electron chi connectivity index (χ0n) is 9.69. The van der Waals surface area contributed by atoms with Crippen molar-refractivity contribution in [1.82, 2.24) is 10.3 Å². The maximum absolute atomic E-state index is 11.4. The molecule has 1 heterocycles. The highest BCUT2D eigenvalue weighted by atomic mass is 16.5. The van der Waals surface area contributed by atoms with Gasteiger partial charge in [-0.25, -0.2) is 4.98 Å². The molecule has 5 nitrogen and oxygen atoms in total. The Morgan fingerprint density at radius 2 is 2.31 bits per heavy atom. The minimum absolute atomic E-state index is 0.159. The number of ether oxygens (including phenoxy) is 2. The monoisotopic (exact) mass is 224 g/mol. The molecule has 0 saturated heterocycles. The van der Waals surface area contributed by atoms with Crippen LogP contribution >= 0.6 is 0 Å². The maximum atomic E-state index is 11.4. The summed E-state index contributed by atoms with van der Waals surface area (Å²) in [6, 6.07) is 3.65. The Morgan fingerprint density at radius 3 is 2.94 bits per heavy atom. The van der Waals surface area contributed by atoms with Gasteiger partial charge in [-0.15, -0.1) is 0 Å². The van der Waals surface area contributed by atoms with Crippen molar-refractivity contribution in [2.24, 2.45) is 0 Å². The van der Waals surface area contributed by atoms with Crippen LogP contribution in [0.4, 0.5) is 0 Å². The molecule has 0 radical (unpaired) electrons. The molecule has 1 aromatic heterocycles. The quantitative estimate of drug-likeness (QED) is 0.801. The van der Waals surface area contributed by atoms with Crippen LogP contribution in [-0.2, 0) is 16.1 Å². The first-order valence-electron chi connectivity index (χ1n) is 4.97. The molecule has 1 N–H and O–H groups in total. The van der Waals surface area contributed by atoms with Crippen molar-refractivity contribution in [3.05, 3.63) is 23.9 Å². The Kier molecular flexibility index (Phi) is 4.72. The summed E-state index contributed by atoms with van der Waals surface area (Å²) in [5.41, 5.74) is 0.835. The molecule has 0 aliphatic heterocycles. The summed E-state index contributed by atoms with van der Waals surface area (Å²) in [6.45, 7) is 2.07. The van der Waals surface area contributed by atoms with Crippen molar-refractivity contribution in [2.45, 2.75) is 19.6 Å². The lowest BCUT2D eigenvalue weighted by Crippen LogP contribution is -2.33. The standard InChI is InChI=1S/C11H16N2O3/c1-8(15-2)10(14)13-7-9-5-4-6-12-11(9)16-3/h4-6,8H,7H2,1-3H3,(H,13,14). The van der Waals surface area contributed by atoms with E-state index in [9.17, 15) is 4.79 Å². The van der Waals surface area contributed by atoms with E-state index < -0.39 is 6.10 Å². The summed E-state index contributed by atoms with van der Waals surface area (Å²) in [5.74, 6) is 0.362. The summed E-state index contributed by atoms with van der Waals surface area (Å²) in [7, 11) is 3.04. The summed E-state index contributed by atoms with van der Waals surface area (Å²) < 4.78 is 9.97. The lowest BCUT2D eigenvalue weighted by molar-refractivity contribution is -0.130. The molecule has 0 saturated carbocycles. The number of amides is 1. The van der Waals surface area contributed by atoms with Gasteiger partial charge in [-0.2, -0.15) is 0 Å². The van der Waals surface area contributed by atoms with E-state index in [1.807, 2.05) is 6.07 Å². The summed E-state index contributed by atoms with van der Waals surface area (Å²) in [4.78, 5) is 15.5. The van der Waals surface area contributed by atoms with Gasteiger partial charge in [0.05, 0.1) is 7.11 Å². The number of hydrogen-bond acceptors (Lipinski definition) is 4. The van der Waals surface area contributed by atoms with Crippen molar-refractivity contribution in [1.29, 1.82) is 0 Å². The molecule has 0 aromatic carbocycles. The van der Waals surface area contributed by atoms with E-state index >= 15 is 0 Å². The molecule has 0 spiro atoms. The lowest BCUT2D eigenvalue weighted by atomic mass is 10.2. The smallest absolute Gasteiger partial charge is 0.249 e. The van der Waals surface area contributed by atoms with Crippen LogP contribution < -0.4 is 10.1 Å². The van der Waals surface area contributed by atoms with Crippen molar-refractivity contribution in [3.63, 3.8) is 0 Å². The summed E-state index contributed by atoms with van der Waals surface area (Å²) >= 11 is 0. The molecule has 0 bridgehead atoms. The van der Waals surface area contributed by atoms with Gasteiger partial charge in [-0.3, -0.25) is 4.79 Å². The molecule has 0 fully saturated rings. The average molecular weight is 224 g/mol.